The molecule has 22 heavy (non-hydrogen) atoms. The van der Waals surface area contributed by atoms with Gasteiger partial charge < -0.3 is 9.47 Å². The fraction of sp³-hybridized carbons (Fsp3) is 0.556. The van der Waals surface area contributed by atoms with E-state index < -0.39 is 0 Å². The molecule has 4 heteroatoms. The molecule has 1 heterocycles. The predicted molar refractivity (Wildman–Crippen MR) is 86.8 cm³/mol. The van der Waals surface area contributed by atoms with Gasteiger partial charge in [0.2, 0.25) is 6.79 Å². The second kappa shape index (κ2) is 4.58. The maximum Gasteiger partial charge on any atom is 0.231 e. The van der Waals surface area contributed by atoms with E-state index in [0.717, 1.165) is 29.4 Å². The van der Waals surface area contributed by atoms with Crippen LogP contribution in [0, 0.1) is 16.7 Å². The fourth-order valence-electron chi connectivity index (χ4n) is 4.24. The van der Waals surface area contributed by atoms with Gasteiger partial charge >= 0.3 is 0 Å². The number of benzene rings is 1. The molecule has 2 unspecified atom stereocenters. The lowest BCUT2D eigenvalue weighted by molar-refractivity contribution is 0.174. The molecule has 4 nitrogen and oxygen atoms in total. The van der Waals surface area contributed by atoms with E-state index in [1.165, 1.54) is 18.6 Å². The molecule has 1 aliphatic heterocycles. The summed E-state index contributed by atoms with van der Waals surface area (Å²) in [5, 5.41) is 8.92. The van der Waals surface area contributed by atoms with Crippen LogP contribution in [0.3, 0.4) is 0 Å². The van der Waals surface area contributed by atoms with Crippen molar-refractivity contribution in [2.45, 2.75) is 40.0 Å². The highest BCUT2D eigenvalue weighted by molar-refractivity contribution is 5.94. The smallest absolute Gasteiger partial charge is 0.231 e. The molecule has 0 saturated heterocycles. The maximum absolute atomic E-state index is 5.38. The van der Waals surface area contributed by atoms with E-state index in [2.05, 4.69) is 31.0 Å². The number of ether oxygens (including phenoxy) is 2. The van der Waals surface area contributed by atoms with Crippen LogP contribution in [0.5, 0.6) is 11.5 Å². The van der Waals surface area contributed by atoms with Gasteiger partial charge in [0.25, 0.3) is 0 Å². The van der Waals surface area contributed by atoms with Gasteiger partial charge in [0.15, 0.2) is 11.5 Å². The monoisotopic (exact) mass is 298 g/mol. The van der Waals surface area contributed by atoms with Crippen LogP contribution in [0.2, 0.25) is 0 Å². The summed E-state index contributed by atoms with van der Waals surface area (Å²) in [7, 11) is 0. The topological polar surface area (TPSA) is 43.2 Å². The molecule has 4 rings (SSSR count). The van der Waals surface area contributed by atoms with Crippen molar-refractivity contribution < 1.29 is 9.47 Å². The highest BCUT2D eigenvalue weighted by Gasteiger charge is 2.59. The van der Waals surface area contributed by atoms with E-state index in [4.69, 9.17) is 9.47 Å². The van der Waals surface area contributed by atoms with Crippen LogP contribution in [-0.2, 0) is 0 Å². The molecule has 0 aromatic heterocycles. The summed E-state index contributed by atoms with van der Waals surface area (Å²) in [5.74, 6) is 2.34. The first-order valence-corrected chi connectivity index (χ1v) is 8.01. The molecule has 0 spiro atoms. The lowest BCUT2D eigenvalue weighted by Crippen LogP contribution is -2.32. The molecular formula is C18H22N2O2. The minimum Gasteiger partial charge on any atom is -0.454 e. The van der Waals surface area contributed by atoms with Crippen LogP contribution in [0.15, 0.2) is 28.4 Å². The minimum absolute atomic E-state index is 0.212. The Kier molecular flexibility index (Phi) is 2.87. The van der Waals surface area contributed by atoms with E-state index >= 15 is 0 Å². The van der Waals surface area contributed by atoms with Crippen molar-refractivity contribution in [2.75, 3.05) is 6.79 Å². The number of rotatable bonds is 2. The van der Waals surface area contributed by atoms with Crippen molar-refractivity contribution in [3.05, 3.63) is 23.8 Å². The molecule has 1 aromatic carbocycles. The van der Waals surface area contributed by atoms with Crippen LogP contribution < -0.4 is 9.47 Å². The van der Waals surface area contributed by atoms with Crippen LogP contribution in [0.1, 0.15) is 45.6 Å². The predicted octanol–water partition coefficient (Wildman–Crippen LogP) is 4.04. The first-order valence-electron chi connectivity index (χ1n) is 8.01. The first-order chi connectivity index (χ1) is 10.5. The Balaban J connectivity index is 1.55. The molecular weight excluding hydrogens is 276 g/mol. The Morgan fingerprint density at radius 1 is 1.18 bits per heavy atom. The standard InChI is InChI=1S/C18H22N2O2/c1-17(2)13-6-7-18(17,3)16(9-13)20-19-10-12-4-5-14-15(8-12)22-11-21-14/h4-5,8,10,13H,6-7,9,11H2,1-3H3. The Hall–Kier alpha value is -1.84. The average molecular weight is 298 g/mol. The second-order valence-electron chi connectivity index (χ2n) is 7.40. The highest BCUT2D eigenvalue weighted by atomic mass is 16.7. The SMILES string of the molecule is CC12CCC(CC1=NN=Cc1ccc3c(c1)OCO3)C2(C)C. The maximum atomic E-state index is 5.38. The van der Waals surface area contributed by atoms with Gasteiger partial charge in [-0.3, -0.25) is 0 Å². The molecule has 1 aromatic rings. The van der Waals surface area contributed by atoms with Gasteiger partial charge in [-0.25, -0.2) is 0 Å². The molecule has 2 fully saturated rings. The van der Waals surface area contributed by atoms with Gasteiger partial charge in [0.05, 0.1) is 6.21 Å². The zero-order valence-corrected chi connectivity index (χ0v) is 13.4. The van der Waals surface area contributed by atoms with Gasteiger partial charge in [0, 0.05) is 11.1 Å². The summed E-state index contributed by atoms with van der Waals surface area (Å²) in [6.07, 6.45) is 5.47. The van der Waals surface area contributed by atoms with Crippen molar-refractivity contribution in [3.8, 4) is 11.5 Å². The van der Waals surface area contributed by atoms with Crippen molar-refractivity contribution in [2.24, 2.45) is 27.0 Å². The number of nitrogens with zero attached hydrogens (tertiary/aromatic N) is 2. The Morgan fingerprint density at radius 2 is 2.00 bits per heavy atom. The Labute approximate surface area is 131 Å². The molecule has 2 bridgehead atoms. The Bertz CT molecular complexity index is 678. The van der Waals surface area contributed by atoms with Gasteiger partial charge in [-0.2, -0.15) is 10.2 Å². The molecule has 0 radical (unpaired) electrons. The molecule has 3 aliphatic rings. The summed E-state index contributed by atoms with van der Waals surface area (Å²) >= 11 is 0. The van der Waals surface area contributed by atoms with Crippen LogP contribution in [0.25, 0.3) is 0 Å². The second-order valence-corrected chi connectivity index (χ2v) is 7.40. The van der Waals surface area contributed by atoms with E-state index in [-0.39, 0.29) is 5.41 Å². The fourth-order valence-corrected chi connectivity index (χ4v) is 4.24. The van der Waals surface area contributed by atoms with Gasteiger partial charge in [-0.15, -0.1) is 0 Å². The third kappa shape index (κ3) is 1.82. The van der Waals surface area contributed by atoms with Gasteiger partial charge in [-0.1, -0.05) is 20.8 Å². The van der Waals surface area contributed by atoms with Crippen LogP contribution in [0.4, 0.5) is 0 Å². The van der Waals surface area contributed by atoms with E-state index in [1.807, 2.05) is 18.2 Å². The molecule has 0 amide bonds. The summed E-state index contributed by atoms with van der Waals surface area (Å²) in [6, 6.07) is 5.83. The number of fused-ring (bicyclic) bond motifs is 3. The summed E-state index contributed by atoms with van der Waals surface area (Å²) < 4.78 is 10.7. The minimum atomic E-state index is 0.212. The highest BCUT2D eigenvalue weighted by Crippen LogP contribution is 2.63. The normalized spacial score (nSPS) is 33.2. The summed E-state index contributed by atoms with van der Waals surface area (Å²) in [5.41, 5.74) is 2.82. The van der Waals surface area contributed by atoms with Crippen molar-refractivity contribution in [3.63, 3.8) is 0 Å². The Morgan fingerprint density at radius 3 is 2.73 bits per heavy atom. The molecule has 0 N–H and O–H groups in total. The zero-order chi connectivity index (χ0) is 15.4. The van der Waals surface area contributed by atoms with Gasteiger partial charge in [0.1, 0.15) is 0 Å². The zero-order valence-electron chi connectivity index (χ0n) is 13.4. The summed E-state index contributed by atoms with van der Waals surface area (Å²) in [4.78, 5) is 0. The third-order valence-corrected chi connectivity index (χ3v) is 6.29. The quantitative estimate of drug-likeness (QED) is 0.611. The summed E-state index contributed by atoms with van der Waals surface area (Å²) in [6.45, 7) is 7.42. The molecule has 2 aliphatic carbocycles. The average Bonchev–Trinajstić information content (AvgIpc) is 3.09. The lowest BCUT2D eigenvalue weighted by atomic mass is 9.70. The van der Waals surface area contributed by atoms with E-state index in [0.29, 0.717) is 12.2 Å². The van der Waals surface area contributed by atoms with E-state index in [1.54, 1.807) is 6.21 Å². The van der Waals surface area contributed by atoms with Crippen LogP contribution in [-0.4, -0.2) is 18.7 Å². The number of hydrogen-bond donors (Lipinski definition) is 0. The van der Waals surface area contributed by atoms with Crippen molar-refractivity contribution in [1.82, 2.24) is 0 Å². The molecule has 116 valence electrons. The van der Waals surface area contributed by atoms with Crippen molar-refractivity contribution >= 4 is 11.9 Å². The van der Waals surface area contributed by atoms with Crippen LogP contribution >= 0.6 is 0 Å². The van der Waals surface area contributed by atoms with Crippen molar-refractivity contribution in [1.29, 1.82) is 0 Å². The third-order valence-electron chi connectivity index (χ3n) is 6.29. The lowest BCUT2D eigenvalue weighted by Gasteiger charge is -2.34. The van der Waals surface area contributed by atoms with E-state index in [9.17, 15) is 0 Å². The largest absolute Gasteiger partial charge is 0.454 e. The number of hydrogen-bond acceptors (Lipinski definition) is 4. The molecule has 2 saturated carbocycles. The first kappa shape index (κ1) is 13.8. The molecule has 2 atom stereocenters. The van der Waals surface area contributed by atoms with Gasteiger partial charge in [-0.05, 0) is 54.4 Å².